The summed E-state index contributed by atoms with van der Waals surface area (Å²) in [6.07, 6.45) is 9.91. The van der Waals surface area contributed by atoms with Gasteiger partial charge in [0.25, 0.3) is 0 Å². The summed E-state index contributed by atoms with van der Waals surface area (Å²) in [6, 6.07) is 0. The number of aliphatic hydroxyl groups excluding tert-OH is 2. The van der Waals surface area contributed by atoms with Gasteiger partial charge in [0.1, 0.15) is 0 Å². The normalized spacial score (nSPS) is 44.3. The quantitative estimate of drug-likeness (QED) is 0.728. The molecule has 100 valence electrons. The molecule has 5 unspecified atom stereocenters. The summed E-state index contributed by atoms with van der Waals surface area (Å²) in [7, 11) is 0. The molecule has 0 spiro atoms. The molecular weight excluding hydrogens is 212 g/mol. The molecular formula is C15H28O2. The van der Waals surface area contributed by atoms with E-state index in [-0.39, 0.29) is 12.2 Å². The summed E-state index contributed by atoms with van der Waals surface area (Å²) < 4.78 is 0. The number of hydrogen-bond donors (Lipinski definition) is 2. The molecule has 0 aromatic carbocycles. The molecule has 0 aliphatic heterocycles. The zero-order chi connectivity index (χ0) is 12.3. The molecule has 2 N–H and O–H groups in total. The monoisotopic (exact) mass is 240 g/mol. The molecule has 0 saturated heterocycles. The first-order chi connectivity index (χ1) is 8.22. The number of hydrogen-bond acceptors (Lipinski definition) is 2. The molecule has 2 aliphatic carbocycles. The Balaban J connectivity index is 2.01. The van der Waals surface area contributed by atoms with Crippen molar-refractivity contribution in [3.63, 3.8) is 0 Å². The van der Waals surface area contributed by atoms with Crippen molar-refractivity contribution < 1.29 is 10.2 Å². The summed E-state index contributed by atoms with van der Waals surface area (Å²) in [5, 5.41) is 20.5. The van der Waals surface area contributed by atoms with Gasteiger partial charge in [-0.05, 0) is 49.9 Å². The Morgan fingerprint density at radius 3 is 2.29 bits per heavy atom. The van der Waals surface area contributed by atoms with Crippen LogP contribution in [0.2, 0.25) is 0 Å². The minimum absolute atomic E-state index is 0.157. The van der Waals surface area contributed by atoms with E-state index >= 15 is 0 Å². The molecule has 2 fully saturated rings. The second-order valence-corrected chi connectivity index (χ2v) is 6.19. The highest BCUT2D eigenvalue weighted by atomic mass is 16.3. The maximum Gasteiger partial charge on any atom is 0.0572 e. The first kappa shape index (κ1) is 13.4. The fraction of sp³-hybridized carbons (Fsp3) is 1.00. The molecule has 2 nitrogen and oxygen atoms in total. The molecule has 0 aromatic heterocycles. The second-order valence-electron chi connectivity index (χ2n) is 6.19. The van der Waals surface area contributed by atoms with Crippen LogP contribution in [0, 0.1) is 17.8 Å². The molecule has 5 atom stereocenters. The van der Waals surface area contributed by atoms with Crippen molar-refractivity contribution in [1.82, 2.24) is 0 Å². The van der Waals surface area contributed by atoms with Crippen LogP contribution in [0.3, 0.4) is 0 Å². The lowest BCUT2D eigenvalue weighted by molar-refractivity contribution is -0.0307. The SMILES string of the molecule is CCC1CCC(O)C(C2CCCCCC2O)C1. The molecule has 2 heteroatoms. The van der Waals surface area contributed by atoms with Crippen LogP contribution in [0.15, 0.2) is 0 Å². The zero-order valence-electron chi connectivity index (χ0n) is 11.1. The van der Waals surface area contributed by atoms with Crippen LogP contribution in [-0.2, 0) is 0 Å². The van der Waals surface area contributed by atoms with Crippen molar-refractivity contribution in [2.45, 2.75) is 76.9 Å². The van der Waals surface area contributed by atoms with Crippen molar-refractivity contribution in [3.8, 4) is 0 Å². The molecule has 2 aliphatic rings. The second kappa shape index (κ2) is 6.19. The van der Waals surface area contributed by atoms with Gasteiger partial charge in [-0.3, -0.25) is 0 Å². The van der Waals surface area contributed by atoms with E-state index in [4.69, 9.17) is 0 Å². The molecule has 0 aromatic rings. The lowest BCUT2D eigenvalue weighted by atomic mass is 9.70. The van der Waals surface area contributed by atoms with Crippen LogP contribution in [-0.4, -0.2) is 22.4 Å². The first-order valence-corrected chi connectivity index (χ1v) is 7.58. The van der Waals surface area contributed by atoms with Gasteiger partial charge in [-0.15, -0.1) is 0 Å². The van der Waals surface area contributed by atoms with Crippen LogP contribution in [0.1, 0.15) is 64.7 Å². The highest BCUT2D eigenvalue weighted by Gasteiger charge is 2.37. The van der Waals surface area contributed by atoms with Gasteiger partial charge in [0, 0.05) is 0 Å². The molecule has 0 radical (unpaired) electrons. The van der Waals surface area contributed by atoms with Crippen molar-refractivity contribution in [1.29, 1.82) is 0 Å². The van der Waals surface area contributed by atoms with E-state index < -0.39 is 0 Å². The van der Waals surface area contributed by atoms with Gasteiger partial charge < -0.3 is 10.2 Å². The lowest BCUT2D eigenvalue weighted by Crippen LogP contribution is -2.39. The largest absolute Gasteiger partial charge is 0.393 e. The predicted molar refractivity (Wildman–Crippen MR) is 69.7 cm³/mol. The maximum atomic E-state index is 10.3. The van der Waals surface area contributed by atoms with E-state index in [9.17, 15) is 10.2 Å². The van der Waals surface area contributed by atoms with E-state index in [1.165, 1.54) is 25.7 Å². The van der Waals surface area contributed by atoms with Crippen LogP contribution in [0.4, 0.5) is 0 Å². The topological polar surface area (TPSA) is 40.5 Å². The Morgan fingerprint density at radius 1 is 0.824 bits per heavy atom. The average Bonchev–Trinajstić information content (AvgIpc) is 2.55. The van der Waals surface area contributed by atoms with E-state index in [0.717, 1.165) is 38.0 Å². The van der Waals surface area contributed by atoms with Gasteiger partial charge in [-0.25, -0.2) is 0 Å². The van der Waals surface area contributed by atoms with Crippen LogP contribution < -0.4 is 0 Å². The van der Waals surface area contributed by atoms with Crippen LogP contribution in [0.5, 0.6) is 0 Å². The smallest absolute Gasteiger partial charge is 0.0572 e. The fourth-order valence-corrected chi connectivity index (χ4v) is 3.93. The summed E-state index contributed by atoms with van der Waals surface area (Å²) in [5.41, 5.74) is 0. The summed E-state index contributed by atoms with van der Waals surface area (Å²) in [6.45, 7) is 2.25. The maximum absolute atomic E-state index is 10.3. The Kier molecular flexibility index (Phi) is 4.87. The summed E-state index contributed by atoms with van der Waals surface area (Å²) in [4.78, 5) is 0. The van der Waals surface area contributed by atoms with Crippen LogP contribution >= 0.6 is 0 Å². The Hall–Kier alpha value is -0.0800. The Morgan fingerprint density at radius 2 is 1.53 bits per heavy atom. The first-order valence-electron chi connectivity index (χ1n) is 7.58. The van der Waals surface area contributed by atoms with E-state index in [1.54, 1.807) is 0 Å². The molecule has 17 heavy (non-hydrogen) atoms. The van der Waals surface area contributed by atoms with Crippen LogP contribution in [0.25, 0.3) is 0 Å². The summed E-state index contributed by atoms with van der Waals surface area (Å²) >= 11 is 0. The Bertz CT molecular complexity index is 229. The highest BCUT2D eigenvalue weighted by molar-refractivity contribution is 4.88. The van der Waals surface area contributed by atoms with E-state index in [0.29, 0.717) is 11.8 Å². The molecule has 2 saturated carbocycles. The standard InChI is InChI=1S/C15H28O2/c1-2-11-8-9-15(17)13(10-11)12-6-4-3-5-7-14(12)16/h11-17H,2-10H2,1H3. The van der Waals surface area contributed by atoms with Gasteiger partial charge >= 0.3 is 0 Å². The van der Waals surface area contributed by atoms with E-state index in [1.807, 2.05) is 0 Å². The predicted octanol–water partition coefficient (Wildman–Crippen LogP) is 3.11. The third-order valence-corrected chi connectivity index (χ3v) is 5.13. The Labute approximate surface area is 105 Å². The third-order valence-electron chi connectivity index (χ3n) is 5.13. The highest BCUT2D eigenvalue weighted by Crippen LogP contribution is 2.40. The minimum Gasteiger partial charge on any atom is -0.393 e. The number of aliphatic hydroxyl groups is 2. The molecule has 2 rings (SSSR count). The van der Waals surface area contributed by atoms with Crippen molar-refractivity contribution in [2.24, 2.45) is 17.8 Å². The van der Waals surface area contributed by atoms with E-state index in [2.05, 4.69) is 6.92 Å². The van der Waals surface area contributed by atoms with Gasteiger partial charge in [0.15, 0.2) is 0 Å². The van der Waals surface area contributed by atoms with Crippen molar-refractivity contribution in [3.05, 3.63) is 0 Å². The zero-order valence-corrected chi connectivity index (χ0v) is 11.1. The summed E-state index contributed by atoms with van der Waals surface area (Å²) in [5.74, 6) is 1.50. The molecule has 0 heterocycles. The lowest BCUT2D eigenvalue weighted by Gasteiger charge is -2.39. The number of rotatable bonds is 2. The van der Waals surface area contributed by atoms with Gasteiger partial charge in [-0.2, -0.15) is 0 Å². The fourth-order valence-electron chi connectivity index (χ4n) is 3.93. The van der Waals surface area contributed by atoms with Gasteiger partial charge in [0.2, 0.25) is 0 Å². The minimum atomic E-state index is -0.159. The average molecular weight is 240 g/mol. The van der Waals surface area contributed by atoms with Crippen molar-refractivity contribution >= 4 is 0 Å². The van der Waals surface area contributed by atoms with Gasteiger partial charge in [-0.1, -0.05) is 32.6 Å². The molecule has 0 amide bonds. The third kappa shape index (κ3) is 3.23. The van der Waals surface area contributed by atoms with Gasteiger partial charge in [0.05, 0.1) is 12.2 Å². The van der Waals surface area contributed by atoms with Crippen molar-refractivity contribution in [2.75, 3.05) is 0 Å². The molecule has 0 bridgehead atoms.